The summed E-state index contributed by atoms with van der Waals surface area (Å²) >= 11 is 1.61. The van der Waals surface area contributed by atoms with Gasteiger partial charge in [0.2, 0.25) is 10.0 Å². The van der Waals surface area contributed by atoms with Crippen LogP contribution >= 0.6 is 11.3 Å². The van der Waals surface area contributed by atoms with Crippen molar-refractivity contribution in [3.05, 3.63) is 40.9 Å². The molecule has 3 rings (SSSR count). The van der Waals surface area contributed by atoms with Crippen LogP contribution in [0, 0.1) is 0 Å². The maximum atomic E-state index is 12.2. The zero-order chi connectivity index (χ0) is 14.9. The van der Waals surface area contributed by atoms with Gasteiger partial charge in [-0.15, -0.1) is 11.3 Å². The monoisotopic (exact) mass is 322 g/mol. The molecular weight excluding hydrogens is 304 g/mol. The Morgan fingerprint density at radius 3 is 2.76 bits per heavy atom. The molecule has 6 heteroatoms. The summed E-state index contributed by atoms with van der Waals surface area (Å²) in [5.74, 6) is 0.229. The van der Waals surface area contributed by atoms with Crippen molar-refractivity contribution in [3.8, 4) is 10.6 Å². The van der Waals surface area contributed by atoms with Crippen molar-refractivity contribution in [1.82, 2.24) is 9.29 Å². The molecule has 1 aliphatic rings. The predicted molar refractivity (Wildman–Crippen MR) is 85.7 cm³/mol. The minimum Gasteiger partial charge on any atom is -0.241 e. The molecule has 0 unspecified atom stereocenters. The number of hydrogen-bond acceptors (Lipinski definition) is 4. The fourth-order valence-corrected chi connectivity index (χ4v) is 5.18. The van der Waals surface area contributed by atoms with Crippen molar-refractivity contribution in [1.29, 1.82) is 0 Å². The van der Waals surface area contributed by atoms with E-state index in [1.54, 1.807) is 15.6 Å². The molecule has 0 N–H and O–H groups in total. The quantitative estimate of drug-likeness (QED) is 0.869. The van der Waals surface area contributed by atoms with E-state index >= 15 is 0 Å². The summed E-state index contributed by atoms with van der Waals surface area (Å²) in [6.45, 7) is 2.92. The van der Waals surface area contributed by atoms with Gasteiger partial charge < -0.3 is 0 Å². The molecule has 0 atom stereocenters. The van der Waals surface area contributed by atoms with E-state index in [1.807, 2.05) is 37.3 Å². The lowest BCUT2D eigenvalue weighted by Gasteiger charge is -2.25. The third kappa shape index (κ3) is 3.02. The molecule has 1 aromatic carbocycles. The molecule has 0 saturated carbocycles. The lowest BCUT2D eigenvalue weighted by Crippen LogP contribution is -2.36. The van der Waals surface area contributed by atoms with E-state index in [9.17, 15) is 8.42 Å². The largest absolute Gasteiger partial charge is 0.241 e. The maximum absolute atomic E-state index is 12.2. The van der Waals surface area contributed by atoms with Gasteiger partial charge in [0.15, 0.2) is 0 Å². The predicted octanol–water partition coefficient (Wildman–Crippen LogP) is 2.91. The van der Waals surface area contributed by atoms with E-state index < -0.39 is 10.0 Å². The number of hydrogen-bond donors (Lipinski definition) is 0. The SMILES string of the molecule is CCCS(=O)(=O)N1CCc2nc(-c3ccccc3)sc2C1. The van der Waals surface area contributed by atoms with Crippen LogP contribution < -0.4 is 0 Å². The van der Waals surface area contributed by atoms with Gasteiger partial charge in [-0.2, -0.15) is 4.31 Å². The first kappa shape index (κ1) is 14.7. The van der Waals surface area contributed by atoms with Crippen LogP contribution in [0.2, 0.25) is 0 Å². The minimum absolute atomic E-state index is 0.229. The summed E-state index contributed by atoms with van der Waals surface area (Å²) in [6, 6.07) is 10.0. The smallest absolute Gasteiger partial charge is 0.214 e. The van der Waals surface area contributed by atoms with Crippen molar-refractivity contribution in [2.24, 2.45) is 0 Å². The number of benzene rings is 1. The first-order chi connectivity index (χ1) is 10.1. The Hall–Kier alpha value is -1.24. The van der Waals surface area contributed by atoms with Crippen LogP contribution in [-0.2, 0) is 23.0 Å². The summed E-state index contributed by atoms with van der Waals surface area (Å²) in [6.07, 6.45) is 1.37. The van der Waals surface area contributed by atoms with Gasteiger partial charge in [0.1, 0.15) is 5.01 Å². The Labute approximate surface area is 129 Å². The highest BCUT2D eigenvalue weighted by Gasteiger charge is 2.28. The highest BCUT2D eigenvalue weighted by molar-refractivity contribution is 7.89. The third-order valence-electron chi connectivity index (χ3n) is 3.57. The van der Waals surface area contributed by atoms with E-state index in [2.05, 4.69) is 4.98 Å². The van der Waals surface area contributed by atoms with Crippen molar-refractivity contribution in [2.45, 2.75) is 26.3 Å². The molecule has 0 radical (unpaired) electrons. The average Bonchev–Trinajstić information content (AvgIpc) is 2.91. The molecule has 0 amide bonds. The van der Waals surface area contributed by atoms with Crippen LogP contribution in [0.5, 0.6) is 0 Å². The normalized spacial score (nSPS) is 15.9. The van der Waals surface area contributed by atoms with Gasteiger partial charge in [-0.25, -0.2) is 13.4 Å². The number of nitrogens with zero attached hydrogens (tertiary/aromatic N) is 2. The molecule has 1 aliphatic heterocycles. The molecule has 2 heterocycles. The van der Waals surface area contributed by atoms with Crippen LogP contribution in [0.25, 0.3) is 10.6 Å². The highest BCUT2D eigenvalue weighted by atomic mass is 32.2. The fourth-order valence-electron chi connectivity index (χ4n) is 2.50. The topological polar surface area (TPSA) is 50.3 Å². The van der Waals surface area contributed by atoms with Crippen LogP contribution in [0.3, 0.4) is 0 Å². The van der Waals surface area contributed by atoms with E-state index in [0.29, 0.717) is 25.9 Å². The Kier molecular flexibility index (Phi) is 4.10. The number of sulfonamides is 1. The van der Waals surface area contributed by atoms with Crippen LogP contribution in [0.1, 0.15) is 23.9 Å². The van der Waals surface area contributed by atoms with Gasteiger partial charge >= 0.3 is 0 Å². The Bertz CT molecular complexity index is 723. The molecule has 1 aromatic heterocycles. The second kappa shape index (κ2) is 5.87. The summed E-state index contributed by atoms with van der Waals surface area (Å²) in [5.41, 5.74) is 2.15. The van der Waals surface area contributed by atoms with Crippen molar-refractivity contribution >= 4 is 21.4 Å². The number of fused-ring (bicyclic) bond motifs is 1. The molecule has 0 saturated heterocycles. The molecule has 4 nitrogen and oxygen atoms in total. The molecule has 0 fully saturated rings. The number of thiazole rings is 1. The van der Waals surface area contributed by atoms with E-state index in [0.717, 1.165) is 21.1 Å². The van der Waals surface area contributed by atoms with Gasteiger partial charge in [0.05, 0.1) is 11.4 Å². The zero-order valence-electron chi connectivity index (χ0n) is 11.9. The van der Waals surface area contributed by atoms with Gasteiger partial charge in [-0.3, -0.25) is 0 Å². The van der Waals surface area contributed by atoms with E-state index in [-0.39, 0.29) is 5.75 Å². The molecular formula is C15H18N2O2S2. The minimum atomic E-state index is -3.12. The second-order valence-electron chi connectivity index (χ2n) is 5.15. The van der Waals surface area contributed by atoms with Crippen LogP contribution in [0.15, 0.2) is 30.3 Å². The Morgan fingerprint density at radius 1 is 1.29 bits per heavy atom. The van der Waals surface area contributed by atoms with Crippen LogP contribution in [-0.4, -0.2) is 30.0 Å². The Balaban J connectivity index is 1.86. The number of rotatable bonds is 4. The fraction of sp³-hybridized carbons (Fsp3) is 0.400. The lowest BCUT2D eigenvalue weighted by atomic mass is 10.2. The maximum Gasteiger partial charge on any atom is 0.214 e. The molecule has 2 aromatic rings. The standard InChI is InChI=1S/C15H18N2O2S2/c1-2-10-21(18,19)17-9-8-13-14(11-17)20-15(16-13)12-6-4-3-5-7-12/h3-7H,2,8-11H2,1H3. The lowest BCUT2D eigenvalue weighted by molar-refractivity contribution is 0.392. The summed E-state index contributed by atoms with van der Waals surface area (Å²) in [7, 11) is -3.12. The summed E-state index contributed by atoms with van der Waals surface area (Å²) in [4.78, 5) is 5.76. The Morgan fingerprint density at radius 2 is 2.05 bits per heavy atom. The van der Waals surface area contributed by atoms with Gasteiger partial charge in [0, 0.05) is 30.0 Å². The van der Waals surface area contributed by atoms with E-state index in [1.165, 1.54) is 0 Å². The summed E-state index contributed by atoms with van der Waals surface area (Å²) < 4.78 is 26.0. The first-order valence-electron chi connectivity index (χ1n) is 7.12. The highest BCUT2D eigenvalue weighted by Crippen LogP contribution is 2.32. The van der Waals surface area contributed by atoms with Gasteiger partial charge in [-0.1, -0.05) is 37.3 Å². The molecule has 112 valence electrons. The summed E-state index contributed by atoms with van der Waals surface area (Å²) in [5, 5.41) is 0.982. The number of aromatic nitrogens is 1. The van der Waals surface area contributed by atoms with Crippen molar-refractivity contribution in [2.75, 3.05) is 12.3 Å². The average molecular weight is 322 g/mol. The molecule has 0 aliphatic carbocycles. The van der Waals surface area contributed by atoms with E-state index in [4.69, 9.17) is 0 Å². The second-order valence-corrected chi connectivity index (χ2v) is 8.33. The molecule has 21 heavy (non-hydrogen) atoms. The van der Waals surface area contributed by atoms with Crippen molar-refractivity contribution < 1.29 is 8.42 Å². The van der Waals surface area contributed by atoms with Gasteiger partial charge in [0.25, 0.3) is 0 Å². The molecule has 0 spiro atoms. The van der Waals surface area contributed by atoms with Gasteiger partial charge in [-0.05, 0) is 6.42 Å². The van der Waals surface area contributed by atoms with Crippen molar-refractivity contribution in [3.63, 3.8) is 0 Å². The molecule has 0 bridgehead atoms. The zero-order valence-corrected chi connectivity index (χ0v) is 13.6. The van der Waals surface area contributed by atoms with Crippen LogP contribution in [0.4, 0.5) is 0 Å². The first-order valence-corrected chi connectivity index (χ1v) is 9.54. The third-order valence-corrected chi connectivity index (χ3v) is 6.73.